The monoisotopic (exact) mass is 412 g/mol. The second-order valence-corrected chi connectivity index (χ2v) is 10.2. The van der Waals surface area contributed by atoms with Gasteiger partial charge >= 0.3 is 6.03 Å². The van der Waals surface area contributed by atoms with Gasteiger partial charge in [-0.15, -0.1) is 0 Å². The molecule has 2 aromatic rings. The topological polar surface area (TPSA) is 75.3 Å². The van der Waals surface area contributed by atoms with Gasteiger partial charge in [0.15, 0.2) is 9.84 Å². The lowest BCUT2D eigenvalue weighted by Gasteiger charge is -2.19. The molecule has 3 unspecified atom stereocenters. The summed E-state index contributed by atoms with van der Waals surface area (Å²) in [6, 6.07) is 17.7. The van der Waals surface area contributed by atoms with Crippen LogP contribution in [-0.2, 0) is 9.84 Å². The second-order valence-electron chi connectivity index (χ2n) is 8.18. The smallest absolute Gasteiger partial charge is 0.315 e. The summed E-state index contributed by atoms with van der Waals surface area (Å²) in [6.07, 6.45) is 5.27. The average Bonchev–Trinajstić information content (AvgIpc) is 2.86. The standard InChI is InChI=1S/C23H28N2O3S/c26-23(24-15-19-16-29(27,28)22-12-5-4-11-21(19)22)25-20-10-6-9-18(13-14-20)17-7-2-1-3-8-17/h1-5,7-8,11-12,18-20H,6,9-10,13-16H2,(H2,24,25,26). The van der Waals surface area contributed by atoms with Crippen molar-refractivity contribution in [2.75, 3.05) is 12.3 Å². The van der Waals surface area contributed by atoms with E-state index in [1.165, 1.54) is 5.56 Å². The summed E-state index contributed by atoms with van der Waals surface area (Å²) in [5, 5.41) is 6.00. The molecule has 5 nitrogen and oxygen atoms in total. The molecule has 1 fully saturated rings. The molecule has 2 aromatic carbocycles. The number of carbonyl (C=O) groups excluding carboxylic acids is 1. The molecule has 0 spiro atoms. The van der Waals surface area contributed by atoms with Gasteiger partial charge in [-0.05, 0) is 48.8 Å². The molecule has 154 valence electrons. The molecule has 4 rings (SSSR count). The minimum Gasteiger partial charge on any atom is -0.338 e. The van der Waals surface area contributed by atoms with Gasteiger partial charge in [-0.1, -0.05) is 55.0 Å². The number of hydrogen-bond donors (Lipinski definition) is 2. The number of rotatable bonds is 4. The number of urea groups is 1. The highest BCUT2D eigenvalue weighted by atomic mass is 32.2. The molecule has 6 heteroatoms. The molecule has 0 radical (unpaired) electrons. The van der Waals surface area contributed by atoms with Gasteiger partial charge in [0.2, 0.25) is 0 Å². The highest BCUT2D eigenvalue weighted by molar-refractivity contribution is 7.91. The number of sulfone groups is 1. The van der Waals surface area contributed by atoms with Gasteiger partial charge in [-0.25, -0.2) is 13.2 Å². The number of benzene rings is 2. The third kappa shape index (κ3) is 4.64. The van der Waals surface area contributed by atoms with Crippen molar-refractivity contribution in [3.63, 3.8) is 0 Å². The Labute approximate surface area is 172 Å². The molecule has 2 N–H and O–H groups in total. The van der Waals surface area contributed by atoms with Crippen LogP contribution in [-0.4, -0.2) is 32.8 Å². The van der Waals surface area contributed by atoms with E-state index >= 15 is 0 Å². The first-order valence-electron chi connectivity index (χ1n) is 10.4. The zero-order chi connectivity index (χ0) is 20.3. The van der Waals surface area contributed by atoms with Crippen molar-refractivity contribution in [1.29, 1.82) is 0 Å². The van der Waals surface area contributed by atoms with Crippen molar-refractivity contribution >= 4 is 15.9 Å². The van der Waals surface area contributed by atoms with E-state index in [-0.39, 0.29) is 23.7 Å². The van der Waals surface area contributed by atoms with E-state index in [0.29, 0.717) is 17.4 Å². The van der Waals surface area contributed by atoms with Crippen LogP contribution in [0.5, 0.6) is 0 Å². The third-order valence-electron chi connectivity index (χ3n) is 6.20. The van der Waals surface area contributed by atoms with E-state index in [4.69, 9.17) is 0 Å². The van der Waals surface area contributed by atoms with Crippen LogP contribution >= 0.6 is 0 Å². The number of hydrogen-bond acceptors (Lipinski definition) is 3. The Balaban J connectivity index is 1.28. The predicted molar refractivity (Wildman–Crippen MR) is 114 cm³/mol. The van der Waals surface area contributed by atoms with Crippen LogP contribution in [0.25, 0.3) is 0 Å². The Hall–Kier alpha value is -2.34. The van der Waals surface area contributed by atoms with Gasteiger partial charge in [-0.3, -0.25) is 0 Å². The molecule has 1 aliphatic carbocycles. The summed E-state index contributed by atoms with van der Waals surface area (Å²) in [5.41, 5.74) is 2.20. The number of carbonyl (C=O) groups is 1. The van der Waals surface area contributed by atoms with Crippen molar-refractivity contribution in [2.24, 2.45) is 0 Å². The van der Waals surface area contributed by atoms with Gasteiger partial charge in [0.25, 0.3) is 0 Å². The first-order valence-corrected chi connectivity index (χ1v) is 12.1. The number of amides is 2. The Kier molecular flexibility index (Phi) is 5.90. The van der Waals surface area contributed by atoms with Crippen LogP contribution in [0.15, 0.2) is 59.5 Å². The van der Waals surface area contributed by atoms with E-state index in [9.17, 15) is 13.2 Å². The molecular weight excluding hydrogens is 384 g/mol. The Morgan fingerprint density at radius 2 is 1.69 bits per heavy atom. The molecule has 29 heavy (non-hydrogen) atoms. The van der Waals surface area contributed by atoms with E-state index in [1.807, 2.05) is 18.2 Å². The zero-order valence-electron chi connectivity index (χ0n) is 16.5. The molecule has 1 aliphatic heterocycles. The van der Waals surface area contributed by atoms with Gasteiger partial charge in [0, 0.05) is 18.5 Å². The number of nitrogens with one attached hydrogen (secondary N) is 2. The van der Waals surface area contributed by atoms with Gasteiger partial charge in [-0.2, -0.15) is 0 Å². The minimum absolute atomic E-state index is 0.0643. The molecule has 3 atom stereocenters. The zero-order valence-corrected chi connectivity index (χ0v) is 17.3. The highest BCUT2D eigenvalue weighted by Gasteiger charge is 2.34. The quantitative estimate of drug-likeness (QED) is 0.746. The molecule has 0 bridgehead atoms. The normalized spacial score (nSPS) is 25.6. The van der Waals surface area contributed by atoms with Crippen molar-refractivity contribution in [1.82, 2.24) is 10.6 Å². The molecule has 2 amide bonds. The maximum Gasteiger partial charge on any atom is 0.315 e. The molecule has 2 aliphatic rings. The second kappa shape index (κ2) is 8.57. The first kappa shape index (κ1) is 20.0. The summed E-state index contributed by atoms with van der Waals surface area (Å²) in [4.78, 5) is 12.8. The van der Waals surface area contributed by atoms with Crippen LogP contribution < -0.4 is 10.6 Å². The summed E-state index contributed by atoms with van der Waals surface area (Å²) >= 11 is 0. The van der Waals surface area contributed by atoms with Gasteiger partial charge in [0.05, 0.1) is 10.6 Å². The first-order chi connectivity index (χ1) is 14.0. The van der Waals surface area contributed by atoms with Crippen molar-refractivity contribution in [3.8, 4) is 0 Å². The molecular formula is C23H28N2O3S. The fourth-order valence-electron chi connectivity index (χ4n) is 4.67. The summed E-state index contributed by atoms with van der Waals surface area (Å²) in [5.74, 6) is 0.444. The van der Waals surface area contributed by atoms with E-state index in [1.54, 1.807) is 12.1 Å². The Bertz CT molecular complexity index is 959. The summed E-state index contributed by atoms with van der Waals surface area (Å²) < 4.78 is 24.6. The van der Waals surface area contributed by atoms with Crippen LogP contribution in [0.2, 0.25) is 0 Å². The van der Waals surface area contributed by atoms with Crippen molar-refractivity contribution in [3.05, 3.63) is 65.7 Å². The van der Waals surface area contributed by atoms with Crippen LogP contribution in [0.3, 0.4) is 0 Å². The molecule has 1 saturated carbocycles. The minimum atomic E-state index is -3.24. The maximum absolute atomic E-state index is 12.4. The lowest BCUT2D eigenvalue weighted by Crippen LogP contribution is -2.43. The van der Waals surface area contributed by atoms with E-state index in [2.05, 4.69) is 34.9 Å². The average molecular weight is 413 g/mol. The van der Waals surface area contributed by atoms with Crippen LogP contribution in [0.4, 0.5) is 4.79 Å². The van der Waals surface area contributed by atoms with Crippen LogP contribution in [0.1, 0.15) is 55.1 Å². The molecule has 0 saturated heterocycles. The number of fused-ring (bicyclic) bond motifs is 1. The van der Waals surface area contributed by atoms with E-state index < -0.39 is 9.84 Å². The summed E-state index contributed by atoms with van der Waals surface area (Å²) in [7, 11) is -3.24. The van der Waals surface area contributed by atoms with Crippen molar-refractivity contribution in [2.45, 2.75) is 54.9 Å². The fraction of sp³-hybridized carbons (Fsp3) is 0.435. The largest absolute Gasteiger partial charge is 0.338 e. The Morgan fingerprint density at radius 1 is 0.931 bits per heavy atom. The molecule has 1 heterocycles. The van der Waals surface area contributed by atoms with Crippen LogP contribution in [0, 0.1) is 0 Å². The third-order valence-corrected chi connectivity index (χ3v) is 8.08. The van der Waals surface area contributed by atoms with E-state index in [0.717, 1.165) is 37.7 Å². The maximum atomic E-state index is 12.4. The van der Waals surface area contributed by atoms with Crippen molar-refractivity contribution < 1.29 is 13.2 Å². The summed E-state index contributed by atoms with van der Waals surface area (Å²) in [6.45, 7) is 0.335. The van der Waals surface area contributed by atoms with Gasteiger partial charge in [0.1, 0.15) is 0 Å². The lowest BCUT2D eigenvalue weighted by atomic mass is 9.92. The fourth-order valence-corrected chi connectivity index (χ4v) is 6.56. The molecule has 0 aromatic heterocycles. The SMILES string of the molecule is O=C(NCC1CS(=O)(=O)c2ccccc21)NC1CCCC(c2ccccc2)CC1. The lowest BCUT2D eigenvalue weighted by molar-refractivity contribution is 0.235. The highest BCUT2D eigenvalue weighted by Crippen LogP contribution is 2.34. The Morgan fingerprint density at radius 3 is 2.52 bits per heavy atom. The predicted octanol–water partition coefficient (Wildman–Crippen LogP) is 3.97. The van der Waals surface area contributed by atoms with Gasteiger partial charge < -0.3 is 10.6 Å².